The van der Waals surface area contributed by atoms with Crippen molar-refractivity contribution in [1.82, 2.24) is 10.6 Å². The molecule has 0 spiro atoms. The average molecular weight is 244 g/mol. The van der Waals surface area contributed by atoms with E-state index in [-0.39, 0.29) is 5.82 Å². The van der Waals surface area contributed by atoms with Crippen molar-refractivity contribution >= 4 is 5.57 Å². The largest absolute Gasteiger partial charge is 0.372 e. The third-order valence-corrected chi connectivity index (χ3v) is 3.64. The lowest BCUT2D eigenvalue weighted by molar-refractivity contribution is 0.612. The molecule has 1 aliphatic heterocycles. The number of halogens is 1. The Morgan fingerprint density at radius 1 is 1.33 bits per heavy atom. The Bertz CT molecular complexity index is 505. The van der Waals surface area contributed by atoms with Gasteiger partial charge in [-0.05, 0) is 48.4 Å². The molecule has 2 aliphatic rings. The Labute approximate surface area is 107 Å². The number of hydrogen-bond donors (Lipinski definition) is 2. The number of benzene rings is 1. The van der Waals surface area contributed by atoms with Crippen LogP contribution in [0.15, 0.2) is 42.2 Å². The van der Waals surface area contributed by atoms with Crippen LogP contribution < -0.4 is 10.6 Å². The van der Waals surface area contributed by atoms with Crippen LogP contribution in [0.1, 0.15) is 24.8 Å². The standard InChI is InChI=1S/C15H17FN2/c16-13-5-1-3-11(7-13)15-6-2-4-12(15)8-14-9-17-10-18-14/h1,3,5-7,9,12,17-18H,2,4,8,10H2/t12-/m0/s1. The summed E-state index contributed by atoms with van der Waals surface area (Å²) in [6.07, 6.45) is 7.56. The van der Waals surface area contributed by atoms with Gasteiger partial charge in [-0.1, -0.05) is 18.2 Å². The minimum Gasteiger partial charge on any atom is -0.372 e. The lowest BCUT2D eigenvalue weighted by Crippen LogP contribution is -2.15. The molecule has 0 fully saturated rings. The summed E-state index contributed by atoms with van der Waals surface area (Å²) in [6.45, 7) is 0.821. The molecule has 0 bridgehead atoms. The van der Waals surface area contributed by atoms with Crippen LogP contribution in [0.5, 0.6) is 0 Å². The van der Waals surface area contributed by atoms with Crippen LogP contribution in [0.25, 0.3) is 5.57 Å². The minimum absolute atomic E-state index is 0.154. The summed E-state index contributed by atoms with van der Waals surface area (Å²) >= 11 is 0. The van der Waals surface area contributed by atoms with Gasteiger partial charge in [0, 0.05) is 11.9 Å². The fraction of sp³-hybridized carbons (Fsp3) is 0.333. The molecule has 18 heavy (non-hydrogen) atoms. The second-order valence-corrected chi connectivity index (χ2v) is 4.88. The van der Waals surface area contributed by atoms with E-state index in [1.54, 1.807) is 12.1 Å². The zero-order valence-electron chi connectivity index (χ0n) is 10.2. The van der Waals surface area contributed by atoms with Crippen LogP contribution in [-0.4, -0.2) is 6.67 Å². The van der Waals surface area contributed by atoms with E-state index in [2.05, 4.69) is 16.7 Å². The van der Waals surface area contributed by atoms with E-state index in [4.69, 9.17) is 0 Å². The van der Waals surface area contributed by atoms with Gasteiger partial charge >= 0.3 is 0 Å². The van der Waals surface area contributed by atoms with Gasteiger partial charge in [-0.3, -0.25) is 0 Å². The summed E-state index contributed by atoms with van der Waals surface area (Å²) in [7, 11) is 0. The zero-order valence-corrected chi connectivity index (χ0v) is 10.2. The van der Waals surface area contributed by atoms with Crippen LogP contribution in [0, 0.1) is 11.7 Å². The van der Waals surface area contributed by atoms with Crippen molar-refractivity contribution in [2.45, 2.75) is 19.3 Å². The van der Waals surface area contributed by atoms with Gasteiger partial charge in [0.05, 0.1) is 6.67 Å². The molecule has 2 nitrogen and oxygen atoms in total. The fourth-order valence-electron chi connectivity index (χ4n) is 2.78. The second kappa shape index (κ2) is 4.84. The summed E-state index contributed by atoms with van der Waals surface area (Å²) in [6, 6.07) is 6.93. The predicted molar refractivity (Wildman–Crippen MR) is 70.9 cm³/mol. The van der Waals surface area contributed by atoms with Crippen LogP contribution in [0.3, 0.4) is 0 Å². The molecular weight excluding hydrogens is 227 g/mol. The lowest BCUT2D eigenvalue weighted by Gasteiger charge is -2.16. The molecule has 94 valence electrons. The highest BCUT2D eigenvalue weighted by Crippen LogP contribution is 2.37. The van der Waals surface area contributed by atoms with Crippen molar-refractivity contribution in [2.75, 3.05) is 6.67 Å². The molecule has 1 aromatic carbocycles. The first-order chi connectivity index (χ1) is 8.83. The molecule has 1 aromatic rings. The Hall–Kier alpha value is -1.77. The van der Waals surface area contributed by atoms with Crippen LogP contribution in [0.2, 0.25) is 0 Å². The van der Waals surface area contributed by atoms with Gasteiger partial charge in [-0.25, -0.2) is 4.39 Å². The summed E-state index contributed by atoms with van der Waals surface area (Å²) in [5.41, 5.74) is 3.58. The van der Waals surface area contributed by atoms with Gasteiger partial charge in [0.15, 0.2) is 0 Å². The summed E-state index contributed by atoms with van der Waals surface area (Å²) < 4.78 is 13.3. The van der Waals surface area contributed by atoms with E-state index >= 15 is 0 Å². The molecule has 0 saturated carbocycles. The van der Waals surface area contributed by atoms with Crippen LogP contribution in [-0.2, 0) is 0 Å². The molecule has 0 aromatic heterocycles. The van der Waals surface area contributed by atoms with E-state index in [0.29, 0.717) is 5.92 Å². The quantitative estimate of drug-likeness (QED) is 0.854. The monoisotopic (exact) mass is 244 g/mol. The van der Waals surface area contributed by atoms with Crippen molar-refractivity contribution in [2.24, 2.45) is 5.92 Å². The smallest absolute Gasteiger partial charge is 0.123 e. The van der Waals surface area contributed by atoms with Gasteiger partial charge in [-0.2, -0.15) is 0 Å². The number of allylic oxidation sites excluding steroid dienone is 3. The molecule has 0 amide bonds. The van der Waals surface area contributed by atoms with Crippen molar-refractivity contribution in [1.29, 1.82) is 0 Å². The molecule has 2 N–H and O–H groups in total. The normalized spacial score (nSPS) is 22.2. The molecule has 1 heterocycles. The third-order valence-electron chi connectivity index (χ3n) is 3.64. The van der Waals surface area contributed by atoms with E-state index in [0.717, 1.165) is 31.5 Å². The topological polar surface area (TPSA) is 24.1 Å². The van der Waals surface area contributed by atoms with Gasteiger partial charge < -0.3 is 10.6 Å². The first-order valence-corrected chi connectivity index (χ1v) is 6.45. The van der Waals surface area contributed by atoms with Crippen molar-refractivity contribution in [3.8, 4) is 0 Å². The Balaban J connectivity index is 1.78. The average Bonchev–Trinajstić information content (AvgIpc) is 3.01. The van der Waals surface area contributed by atoms with E-state index in [1.165, 1.54) is 17.3 Å². The van der Waals surface area contributed by atoms with E-state index < -0.39 is 0 Å². The maximum Gasteiger partial charge on any atom is 0.123 e. The minimum atomic E-state index is -0.154. The molecule has 0 radical (unpaired) electrons. The predicted octanol–water partition coefficient (Wildman–Crippen LogP) is 3.00. The third kappa shape index (κ3) is 2.26. The summed E-state index contributed by atoms with van der Waals surface area (Å²) in [4.78, 5) is 0. The highest BCUT2D eigenvalue weighted by Gasteiger charge is 2.22. The number of rotatable bonds is 3. The first kappa shape index (κ1) is 11.3. The zero-order chi connectivity index (χ0) is 12.4. The number of hydrogen-bond acceptors (Lipinski definition) is 2. The maximum absolute atomic E-state index is 13.3. The Morgan fingerprint density at radius 3 is 3.06 bits per heavy atom. The highest BCUT2D eigenvalue weighted by atomic mass is 19.1. The second-order valence-electron chi connectivity index (χ2n) is 4.88. The van der Waals surface area contributed by atoms with E-state index in [9.17, 15) is 4.39 Å². The Morgan fingerprint density at radius 2 is 2.28 bits per heavy atom. The van der Waals surface area contributed by atoms with Crippen molar-refractivity contribution in [3.05, 3.63) is 53.6 Å². The SMILES string of the molecule is Fc1cccc(C2=CCC[C@H]2CC2=CNCN2)c1. The Kier molecular flexibility index (Phi) is 3.05. The molecule has 1 aliphatic carbocycles. The lowest BCUT2D eigenvalue weighted by atomic mass is 9.91. The molecule has 0 saturated heterocycles. The summed E-state index contributed by atoms with van der Waals surface area (Å²) in [5, 5.41) is 6.47. The molecule has 0 unspecified atom stereocenters. The molecule has 3 heteroatoms. The van der Waals surface area contributed by atoms with Gasteiger partial charge in [0.25, 0.3) is 0 Å². The molecule has 3 rings (SSSR count). The van der Waals surface area contributed by atoms with E-state index in [1.807, 2.05) is 12.3 Å². The van der Waals surface area contributed by atoms with Crippen molar-refractivity contribution < 1.29 is 4.39 Å². The molecule has 1 atom stereocenters. The molecular formula is C15H17FN2. The highest BCUT2D eigenvalue weighted by molar-refractivity contribution is 5.69. The van der Waals surface area contributed by atoms with Gasteiger partial charge in [0.2, 0.25) is 0 Å². The summed E-state index contributed by atoms with van der Waals surface area (Å²) in [5.74, 6) is 0.351. The maximum atomic E-state index is 13.3. The fourth-order valence-corrected chi connectivity index (χ4v) is 2.78. The van der Waals surface area contributed by atoms with Crippen molar-refractivity contribution in [3.63, 3.8) is 0 Å². The van der Waals surface area contributed by atoms with Crippen LogP contribution >= 0.6 is 0 Å². The van der Waals surface area contributed by atoms with Gasteiger partial charge in [0.1, 0.15) is 5.82 Å². The first-order valence-electron chi connectivity index (χ1n) is 6.45. The number of nitrogens with one attached hydrogen (secondary N) is 2. The van der Waals surface area contributed by atoms with Gasteiger partial charge in [-0.15, -0.1) is 0 Å². The van der Waals surface area contributed by atoms with Crippen LogP contribution in [0.4, 0.5) is 4.39 Å².